The second-order valence-electron chi connectivity index (χ2n) is 25.7. The Balaban J connectivity index is 0.000000133. The third kappa shape index (κ3) is 12.7. The van der Waals surface area contributed by atoms with Crippen molar-refractivity contribution in [3.05, 3.63) is 354 Å². The molecule has 0 bridgehead atoms. The van der Waals surface area contributed by atoms with Crippen molar-refractivity contribution in [3.63, 3.8) is 0 Å². The van der Waals surface area contributed by atoms with Gasteiger partial charge in [0, 0.05) is 41.0 Å². The lowest BCUT2D eigenvalue weighted by molar-refractivity contribution is 0.00578. The van der Waals surface area contributed by atoms with Gasteiger partial charge in [-0.25, -0.2) is 0 Å². The fourth-order valence-electron chi connectivity index (χ4n) is 13.4. The molecule has 1 fully saturated rings. The van der Waals surface area contributed by atoms with Crippen LogP contribution in [0.1, 0.15) is 27.7 Å². The summed E-state index contributed by atoms with van der Waals surface area (Å²) in [5.41, 5.74) is 24.2. The summed E-state index contributed by atoms with van der Waals surface area (Å²) in [5, 5.41) is 4.95. The van der Waals surface area contributed by atoms with E-state index in [1.54, 1.807) is 0 Å². The van der Waals surface area contributed by atoms with Crippen LogP contribution in [0.2, 0.25) is 0 Å². The van der Waals surface area contributed by atoms with Crippen LogP contribution in [0.3, 0.4) is 0 Å². The summed E-state index contributed by atoms with van der Waals surface area (Å²) in [5.74, 6) is 0. The van der Waals surface area contributed by atoms with Crippen molar-refractivity contribution in [2.75, 3.05) is 0 Å². The largest absolute Gasteiger partial charge is 0.494 e. The van der Waals surface area contributed by atoms with E-state index < -0.39 is 18.3 Å². The average molecular weight is 1430 g/mol. The number of aromatic nitrogens is 2. The number of para-hydroxylation sites is 2. The Kier molecular flexibility index (Phi) is 17.6. The molecule has 14 aromatic carbocycles. The van der Waals surface area contributed by atoms with Gasteiger partial charge in [-0.3, -0.25) is 0 Å². The predicted molar refractivity (Wildman–Crippen MR) is 422 cm³/mol. The minimum atomic E-state index is -0.420. The normalized spacial score (nSPS) is 13.1. The van der Waals surface area contributed by atoms with Crippen LogP contribution in [0.15, 0.2) is 350 Å². The molecule has 2 aromatic heterocycles. The zero-order valence-corrected chi connectivity index (χ0v) is 58.2. The molecular weight excluding hydrogens is 1360 g/mol. The monoisotopic (exact) mass is 1430 g/mol. The summed E-state index contributed by atoms with van der Waals surface area (Å²) in [4.78, 5) is 0. The van der Waals surface area contributed by atoms with Crippen molar-refractivity contribution in [3.8, 4) is 89.3 Å². The quantitative estimate of drug-likeness (QED) is 0.101. The van der Waals surface area contributed by atoms with Crippen molar-refractivity contribution in [2.45, 2.75) is 38.9 Å². The number of hydrogen-bond acceptors (Lipinski definition) is 2. The molecule has 0 aliphatic carbocycles. The Bertz CT molecular complexity index is 5320. The van der Waals surface area contributed by atoms with Gasteiger partial charge in [0.2, 0.25) is 0 Å². The molecule has 17 rings (SSSR count). The first-order valence-electron chi connectivity index (χ1n) is 33.0. The maximum absolute atomic E-state index is 6.44. The van der Waals surface area contributed by atoms with E-state index in [1.165, 1.54) is 120 Å². The minimum Gasteiger partial charge on any atom is -0.399 e. The lowest BCUT2D eigenvalue weighted by Crippen LogP contribution is -2.41. The number of rotatable bonds is 10. The van der Waals surface area contributed by atoms with Crippen molar-refractivity contribution in [2.24, 2.45) is 0 Å². The molecule has 97 heavy (non-hydrogen) atoms. The summed E-state index contributed by atoms with van der Waals surface area (Å²) in [6, 6.07) is 123. The molecule has 0 saturated carbocycles. The van der Waals surface area contributed by atoms with Gasteiger partial charge < -0.3 is 18.4 Å². The smallest absolute Gasteiger partial charge is 0.399 e. The van der Waals surface area contributed by atoms with E-state index in [0.29, 0.717) is 0 Å². The Morgan fingerprint density at radius 2 is 0.619 bits per heavy atom. The Labute approximate surface area is 590 Å². The maximum atomic E-state index is 6.44. The van der Waals surface area contributed by atoms with Gasteiger partial charge in [0.25, 0.3) is 0 Å². The second kappa shape index (κ2) is 27.2. The van der Waals surface area contributed by atoms with Crippen LogP contribution >= 0.6 is 38.5 Å². The zero-order valence-electron chi connectivity index (χ0n) is 54.5. The van der Waals surface area contributed by atoms with Crippen molar-refractivity contribution in [1.29, 1.82) is 0 Å². The first-order valence-corrected chi connectivity index (χ1v) is 34.9. The lowest BCUT2D eigenvalue weighted by Gasteiger charge is -2.32. The molecule has 0 unspecified atom stereocenters. The molecule has 1 aliphatic heterocycles. The van der Waals surface area contributed by atoms with Crippen LogP contribution in [-0.4, -0.2) is 27.5 Å². The van der Waals surface area contributed by atoms with Crippen molar-refractivity contribution < 1.29 is 9.31 Å². The van der Waals surface area contributed by atoms with Gasteiger partial charge in [0.15, 0.2) is 0 Å². The van der Waals surface area contributed by atoms with Gasteiger partial charge in [-0.1, -0.05) is 289 Å². The third-order valence-electron chi connectivity index (χ3n) is 19.0. The fraction of sp³-hybridized carbons (Fsp3) is 0.0667. The first-order chi connectivity index (χ1) is 47.4. The summed E-state index contributed by atoms with van der Waals surface area (Å²) in [6.45, 7) is 8.40. The second-order valence-corrected chi connectivity index (χ2v) is 27.7. The number of nitrogens with zero attached hydrogens (tertiary/aromatic N) is 2. The molecule has 4 nitrogen and oxygen atoms in total. The molecule has 0 atom stereocenters. The SMILES string of the molecule is Brc1ccccc1-c1ccccc1I.CC1(C)OB(c2ccc3c4ccccc4n(-c4cc(-c5ccccc5)cc(-c5ccccc5)c4)c3c2)OC1(C)C.c1ccc(-c2cc(-c3ccccc3)cc(-n3c4ccccc4c4ccc(-c5ccccc5-c5ccccc5)cc43)c2)cc1. The summed E-state index contributed by atoms with van der Waals surface area (Å²) >= 11 is 5.92. The first kappa shape index (κ1) is 63.0. The van der Waals surface area contributed by atoms with Gasteiger partial charge in [0.1, 0.15) is 0 Å². The fourth-order valence-corrected chi connectivity index (χ4v) is 14.6. The van der Waals surface area contributed by atoms with Crippen LogP contribution in [0.25, 0.3) is 133 Å². The van der Waals surface area contributed by atoms with E-state index in [2.05, 4.69) is 415 Å². The van der Waals surface area contributed by atoms with Crippen LogP contribution in [0.4, 0.5) is 0 Å². The Morgan fingerprint density at radius 3 is 1.06 bits per heavy atom. The molecule has 3 heterocycles. The number of benzene rings is 14. The van der Waals surface area contributed by atoms with E-state index >= 15 is 0 Å². The van der Waals surface area contributed by atoms with Gasteiger partial charge in [0.05, 0.1) is 33.3 Å². The highest BCUT2D eigenvalue weighted by Gasteiger charge is 2.51. The molecule has 0 spiro atoms. The molecule has 16 aromatic rings. The molecule has 468 valence electrons. The molecule has 0 N–H and O–H groups in total. The van der Waals surface area contributed by atoms with Gasteiger partial charge in [-0.15, -0.1) is 0 Å². The van der Waals surface area contributed by atoms with Gasteiger partial charge >= 0.3 is 7.12 Å². The highest BCUT2D eigenvalue weighted by molar-refractivity contribution is 14.1. The topological polar surface area (TPSA) is 28.3 Å². The number of fused-ring (bicyclic) bond motifs is 6. The Morgan fingerprint density at radius 1 is 0.278 bits per heavy atom. The number of hydrogen-bond donors (Lipinski definition) is 0. The summed E-state index contributed by atoms with van der Waals surface area (Å²) in [6.07, 6.45) is 0. The molecular formula is C90H69BBrIN2O2. The molecule has 7 heteroatoms. The zero-order chi connectivity index (χ0) is 66.0. The van der Waals surface area contributed by atoms with E-state index in [1.807, 2.05) is 6.07 Å². The predicted octanol–water partition coefficient (Wildman–Crippen LogP) is 24.6. The van der Waals surface area contributed by atoms with Crippen LogP contribution < -0.4 is 5.46 Å². The van der Waals surface area contributed by atoms with E-state index in [0.717, 1.165) is 26.8 Å². The molecule has 0 radical (unpaired) electrons. The van der Waals surface area contributed by atoms with E-state index in [9.17, 15) is 0 Å². The number of halogens is 2. The molecule has 1 saturated heterocycles. The van der Waals surface area contributed by atoms with Crippen molar-refractivity contribution in [1.82, 2.24) is 9.13 Å². The maximum Gasteiger partial charge on any atom is 0.494 e. The van der Waals surface area contributed by atoms with Crippen LogP contribution in [0, 0.1) is 3.57 Å². The average Bonchev–Trinajstić information content (AvgIpc) is 1.60. The van der Waals surface area contributed by atoms with Gasteiger partial charge in [-0.2, -0.15) is 0 Å². The summed E-state index contributed by atoms with van der Waals surface area (Å²) in [7, 11) is -0.420. The molecule has 1 aliphatic rings. The Hall–Kier alpha value is -10.1. The summed E-state index contributed by atoms with van der Waals surface area (Å²) < 4.78 is 20.1. The van der Waals surface area contributed by atoms with Crippen LogP contribution in [-0.2, 0) is 9.31 Å². The third-order valence-corrected chi connectivity index (χ3v) is 20.7. The molecule has 0 amide bonds. The highest BCUT2D eigenvalue weighted by Crippen LogP contribution is 2.43. The standard InChI is InChI=1S/C42H29N.C36H32BNO2.C12H8BrI/c1-4-14-30(15-5-1)34-26-35(31-16-6-2-7-17-31)28-36(27-34)43-41-23-13-12-22-39(41)40-25-24-33(29-42(40)43)38-21-11-10-20-37(38)32-18-8-3-9-19-32;1-35(2)36(3,4)40-37(39-35)29-19-20-32-31-17-11-12-18-33(31)38(34(32)24-29)30-22-27(25-13-7-5-8-14-25)21-28(23-30)26-15-9-6-10-16-26;13-11-7-3-1-5-9(11)10-6-2-4-8-12(10)14/h1-29H;5-24H,1-4H3;1-8H. The lowest BCUT2D eigenvalue weighted by atomic mass is 9.79. The van der Waals surface area contributed by atoms with Crippen molar-refractivity contribution >= 4 is 94.7 Å². The van der Waals surface area contributed by atoms with E-state index in [4.69, 9.17) is 9.31 Å². The van der Waals surface area contributed by atoms with E-state index in [-0.39, 0.29) is 0 Å². The minimum absolute atomic E-state index is 0.395. The highest BCUT2D eigenvalue weighted by atomic mass is 127. The van der Waals surface area contributed by atoms with Gasteiger partial charge in [-0.05, 0) is 206 Å². The van der Waals surface area contributed by atoms with Crippen LogP contribution in [0.5, 0.6) is 0 Å².